The van der Waals surface area contributed by atoms with Gasteiger partial charge in [-0.3, -0.25) is 19.7 Å². The molecule has 0 aromatic heterocycles. The molecule has 0 bridgehead atoms. The van der Waals surface area contributed by atoms with Gasteiger partial charge < -0.3 is 14.7 Å². The summed E-state index contributed by atoms with van der Waals surface area (Å²) in [6.45, 7) is 1.75. The maximum Gasteiger partial charge on any atom is 0.281 e. The van der Waals surface area contributed by atoms with Gasteiger partial charge in [0.05, 0.1) is 11.5 Å². The zero-order valence-electron chi connectivity index (χ0n) is 15.8. The molecular weight excluding hydrogens is 388 g/mol. The number of hydrogen-bond donors (Lipinski definition) is 1. The van der Waals surface area contributed by atoms with Crippen molar-refractivity contribution in [2.24, 2.45) is 0 Å². The molecule has 0 aliphatic heterocycles. The number of nitrogens with zero attached hydrogens (tertiary/aromatic N) is 2. The van der Waals surface area contributed by atoms with E-state index in [1.807, 2.05) is 0 Å². The van der Waals surface area contributed by atoms with Gasteiger partial charge in [0.15, 0.2) is 6.29 Å². The standard InChI is InChI=1S/C19H25ClN2O6/c1-13(24)21(14-6-3-2-4-7-14)18(25)8-5-11-28-17-10-9-16(22(26)27)15(12-23)19(17)20/h9-10,12-14,24H,2-8,11H2,1H3. The minimum atomic E-state index is -0.837. The number of halogens is 1. The number of nitro groups is 1. The second kappa shape index (κ2) is 10.4. The predicted molar refractivity (Wildman–Crippen MR) is 104 cm³/mol. The Morgan fingerprint density at radius 3 is 2.68 bits per heavy atom. The zero-order chi connectivity index (χ0) is 20.7. The van der Waals surface area contributed by atoms with Crippen LogP contribution >= 0.6 is 11.6 Å². The fourth-order valence-electron chi connectivity index (χ4n) is 3.56. The predicted octanol–water partition coefficient (Wildman–Crippen LogP) is 3.72. The average molecular weight is 413 g/mol. The first-order valence-corrected chi connectivity index (χ1v) is 9.78. The van der Waals surface area contributed by atoms with E-state index in [-0.39, 0.29) is 47.0 Å². The van der Waals surface area contributed by atoms with E-state index < -0.39 is 11.2 Å². The van der Waals surface area contributed by atoms with E-state index in [2.05, 4.69) is 0 Å². The van der Waals surface area contributed by atoms with Gasteiger partial charge in [-0.15, -0.1) is 0 Å². The molecular formula is C19H25ClN2O6. The lowest BCUT2D eigenvalue weighted by molar-refractivity contribution is -0.385. The minimum Gasteiger partial charge on any atom is -0.492 e. The Morgan fingerprint density at radius 2 is 2.11 bits per heavy atom. The fourth-order valence-corrected chi connectivity index (χ4v) is 3.82. The third kappa shape index (κ3) is 5.42. The van der Waals surface area contributed by atoms with Crippen LogP contribution in [-0.4, -0.2) is 46.0 Å². The van der Waals surface area contributed by atoms with E-state index in [0.717, 1.165) is 38.2 Å². The quantitative estimate of drug-likeness (QED) is 0.217. The van der Waals surface area contributed by atoms with E-state index in [9.17, 15) is 24.8 Å². The number of nitro benzene ring substituents is 1. The number of rotatable bonds is 9. The summed E-state index contributed by atoms with van der Waals surface area (Å²) in [7, 11) is 0. The molecule has 1 aromatic carbocycles. The number of hydrogen-bond acceptors (Lipinski definition) is 6. The van der Waals surface area contributed by atoms with Crippen molar-refractivity contribution in [1.82, 2.24) is 4.90 Å². The van der Waals surface area contributed by atoms with Crippen molar-refractivity contribution in [3.8, 4) is 5.75 Å². The maximum absolute atomic E-state index is 12.5. The molecule has 1 amide bonds. The highest BCUT2D eigenvalue weighted by Crippen LogP contribution is 2.33. The molecule has 1 fully saturated rings. The Balaban J connectivity index is 1.91. The van der Waals surface area contributed by atoms with E-state index in [4.69, 9.17) is 16.3 Å². The third-order valence-electron chi connectivity index (χ3n) is 4.89. The molecule has 1 aliphatic rings. The summed E-state index contributed by atoms with van der Waals surface area (Å²) in [5.41, 5.74) is -0.625. The normalized spacial score (nSPS) is 15.7. The van der Waals surface area contributed by atoms with Crippen molar-refractivity contribution in [2.75, 3.05) is 6.61 Å². The molecule has 1 unspecified atom stereocenters. The number of aldehydes is 1. The first-order valence-electron chi connectivity index (χ1n) is 9.41. The van der Waals surface area contributed by atoms with Crippen LogP contribution in [0.3, 0.4) is 0 Å². The monoisotopic (exact) mass is 412 g/mol. The van der Waals surface area contributed by atoms with Crippen molar-refractivity contribution in [1.29, 1.82) is 0 Å². The minimum absolute atomic E-state index is 0.0708. The second-order valence-electron chi connectivity index (χ2n) is 6.86. The van der Waals surface area contributed by atoms with Crippen molar-refractivity contribution < 1.29 is 24.4 Å². The van der Waals surface area contributed by atoms with Crippen molar-refractivity contribution in [3.05, 3.63) is 32.8 Å². The number of ether oxygens (including phenoxy) is 1. The number of carbonyl (C=O) groups excluding carboxylic acids is 2. The molecule has 0 saturated heterocycles. The largest absolute Gasteiger partial charge is 0.492 e. The summed E-state index contributed by atoms with van der Waals surface area (Å²) in [4.78, 5) is 35.4. The van der Waals surface area contributed by atoms with Crippen LogP contribution in [-0.2, 0) is 4.79 Å². The summed E-state index contributed by atoms with van der Waals surface area (Å²) < 4.78 is 5.50. The number of carbonyl (C=O) groups is 2. The molecule has 0 spiro atoms. The summed E-state index contributed by atoms with van der Waals surface area (Å²) >= 11 is 6.02. The smallest absolute Gasteiger partial charge is 0.281 e. The highest BCUT2D eigenvalue weighted by atomic mass is 35.5. The fraction of sp³-hybridized carbons (Fsp3) is 0.579. The van der Waals surface area contributed by atoms with E-state index in [0.29, 0.717) is 12.7 Å². The lowest BCUT2D eigenvalue weighted by Gasteiger charge is -2.36. The molecule has 1 N–H and O–H groups in total. The van der Waals surface area contributed by atoms with Gasteiger partial charge in [0.1, 0.15) is 22.6 Å². The summed E-state index contributed by atoms with van der Waals surface area (Å²) in [5, 5.41) is 20.8. The van der Waals surface area contributed by atoms with Gasteiger partial charge in [0.25, 0.3) is 5.69 Å². The number of amides is 1. The highest BCUT2D eigenvalue weighted by molar-refractivity contribution is 6.34. The summed E-state index contributed by atoms with van der Waals surface area (Å²) in [6.07, 6.45) is 5.15. The van der Waals surface area contributed by atoms with E-state index in [1.165, 1.54) is 6.07 Å². The van der Waals surface area contributed by atoms with Gasteiger partial charge in [-0.2, -0.15) is 0 Å². The molecule has 1 saturated carbocycles. The lowest BCUT2D eigenvalue weighted by Crippen LogP contribution is -2.46. The Labute approximate surface area is 168 Å². The van der Waals surface area contributed by atoms with Crippen LogP contribution in [0, 0.1) is 10.1 Å². The highest BCUT2D eigenvalue weighted by Gasteiger charge is 2.28. The number of aliphatic hydroxyl groups excluding tert-OH is 1. The molecule has 9 heteroatoms. The Hall–Kier alpha value is -2.19. The summed E-state index contributed by atoms with van der Waals surface area (Å²) in [6, 6.07) is 2.56. The van der Waals surface area contributed by atoms with Crippen LogP contribution in [0.5, 0.6) is 5.75 Å². The maximum atomic E-state index is 12.5. The van der Waals surface area contributed by atoms with Crippen molar-refractivity contribution >= 4 is 29.5 Å². The number of aliphatic hydroxyl groups is 1. The van der Waals surface area contributed by atoms with Crippen molar-refractivity contribution in [3.63, 3.8) is 0 Å². The molecule has 0 heterocycles. The van der Waals surface area contributed by atoms with Crippen molar-refractivity contribution in [2.45, 2.75) is 64.1 Å². The molecule has 154 valence electrons. The third-order valence-corrected chi connectivity index (χ3v) is 5.28. The van der Waals surface area contributed by atoms with Gasteiger partial charge >= 0.3 is 0 Å². The van der Waals surface area contributed by atoms with Crippen LogP contribution < -0.4 is 4.74 Å². The SMILES string of the molecule is CC(O)N(C(=O)CCCOc1ccc([N+](=O)[O-])c(C=O)c1Cl)C1CCCCC1. The molecule has 1 aromatic rings. The Bertz CT molecular complexity index is 719. The first-order chi connectivity index (χ1) is 13.4. The van der Waals surface area contributed by atoms with Crippen LogP contribution in [0.4, 0.5) is 5.69 Å². The lowest BCUT2D eigenvalue weighted by atomic mass is 9.93. The van der Waals surface area contributed by atoms with Gasteiger partial charge in [-0.05, 0) is 32.3 Å². The van der Waals surface area contributed by atoms with E-state index >= 15 is 0 Å². The second-order valence-corrected chi connectivity index (χ2v) is 7.24. The van der Waals surface area contributed by atoms with Gasteiger partial charge in [-0.1, -0.05) is 30.9 Å². The molecule has 2 rings (SSSR count). The number of benzene rings is 1. The van der Waals surface area contributed by atoms with Gasteiger partial charge in [-0.25, -0.2) is 0 Å². The molecule has 1 aliphatic carbocycles. The van der Waals surface area contributed by atoms with Gasteiger partial charge in [0.2, 0.25) is 5.91 Å². The topological polar surface area (TPSA) is 110 Å². The van der Waals surface area contributed by atoms with Crippen LogP contribution in [0.2, 0.25) is 5.02 Å². The Kier molecular flexibility index (Phi) is 8.19. The summed E-state index contributed by atoms with van der Waals surface area (Å²) in [5.74, 6) is 0.0235. The molecule has 8 nitrogen and oxygen atoms in total. The van der Waals surface area contributed by atoms with Crippen LogP contribution in [0.25, 0.3) is 0 Å². The zero-order valence-corrected chi connectivity index (χ0v) is 16.6. The average Bonchev–Trinajstić information content (AvgIpc) is 2.66. The molecule has 1 atom stereocenters. The van der Waals surface area contributed by atoms with Crippen LogP contribution in [0.1, 0.15) is 62.2 Å². The van der Waals surface area contributed by atoms with Crippen LogP contribution in [0.15, 0.2) is 12.1 Å². The Morgan fingerprint density at radius 1 is 1.43 bits per heavy atom. The molecule has 0 radical (unpaired) electrons. The first kappa shape index (κ1) is 22.1. The van der Waals surface area contributed by atoms with Gasteiger partial charge in [0, 0.05) is 18.5 Å². The molecule has 28 heavy (non-hydrogen) atoms. The van der Waals surface area contributed by atoms with E-state index in [1.54, 1.807) is 11.8 Å².